The molecule has 0 bridgehead atoms. The number of allylic oxidation sites excluding steroid dienone is 1. The molecule has 0 spiro atoms. The number of fused-ring (bicyclic) bond motifs is 1. The van der Waals surface area contributed by atoms with E-state index in [4.69, 9.17) is 14.2 Å². The minimum Gasteiger partial charge on any atom is -0.489 e. The van der Waals surface area contributed by atoms with E-state index in [1.54, 1.807) is 6.20 Å². The zero-order valence-corrected chi connectivity index (χ0v) is 17.6. The Labute approximate surface area is 187 Å². The number of aromatic nitrogens is 1. The van der Waals surface area contributed by atoms with E-state index in [-0.39, 0.29) is 0 Å². The smallest absolute Gasteiger partial charge is 0.138 e. The number of pyridine rings is 1. The van der Waals surface area contributed by atoms with E-state index in [1.807, 2.05) is 84.9 Å². The summed E-state index contributed by atoms with van der Waals surface area (Å²) in [6, 6.07) is 27.3. The third-order valence-corrected chi connectivity index (χ3v) is 5.21. The maximum Gasteiger partial charge on any atom is 0.138 e. The van der Waals surface area contributed by atoms with Crippen LogP contribution in [0.3, 0.4) is 0 Å². The fourth-order valence-corrected chi connectivity index (χ4v) is 3.59. The first-order valence-corrected chi connectivity index (χ1v) is 10.7. The van der Waals surface area contributed by atoms with E-state index in [2.05, 4.69) is 17.1 Å². The summed E-state index contributed by atoms with van der Waals surface area (Å²) in [6.07, 6.45) is 8.02. The summed E-state index contributed by atoms with van der Waals surface area (Å²) in [5.74, 6) is 3.79. The minimum atomic E-state index is 0.518. The Morgan fingerprint density at radius 1 is 0.719 bits per heavy atom. The van der Waals surface area contributed by atoms with Gasteiger partial charge in [0.15, 0.2) is 0 Å². The number of ether oxygens (including phenoxy) is 3. The largest absolute Gasteiger partial charge is 0.489 e. The van der Waals surface area contributed by atoms with Gasteiger partial charge < -0.3 is 14.2 Å². The van der Waals surface area contributed by atoms with Crippen molar-refractivity contribution < 1.29 is 14.2 Å². The molecule has 0 saturated carbocycles. The van der Waals surface area contributed by atoms with Crippen molar-refractivity contribution in [3.63, 3.8) is 0 Å². The highest BCUT2D eigenvalue weighted by Crippen LogP contribution is 2.32. The highest BCUT2D eigenvalue weighted by Gasteiger charge is 2.12. The van der Waals surface area contributed by atoms with Crippen molar-refractivity contribution in [2.75, 3.05) is 0 Å². The van der Waals surface area contributed by atoms with Crippen LogP contribution in [0.25, 0.3) is 6.08 Å². The fourth-order valence-electron chi connectivity index (χ4n) is 3.59. The molecule has 0 atom stereocenters. The van der Waals surface area contributed by atoms with Gasteiger partial charge in [-0.05, 0) is 60.9 Å². The first-order valence-electron chi connectivity index (χ1n) is 10.7. The van der Waals surface area contributed by atoms with Gasteiger partial charge in [-0.2, -0.15) is 0 Å². The summed E-state index contributed by atoms with van der Waals surface area (Å²) >= 11 is 0. The molecule has 1 heterocycles. The van der Waals surface area contributed by atoms with E-state index in [0.29, 0.717) is 6.61 Å². The highest BCUT2D eigenvalue weighted by molar-refractivity contribution is 5.62. The van der Waals surface area contributed by atoms with Crippen LogP contribution in [0.1, 0.15) is 23.2 Å². The van der Waals surface area contributed by atoms with Crippen LogP contribution in [0.5, 0.6) is 28.7 Å². The van der Waals surface area contributed by atoms with Crippen LogP contribution >= 0.6 is 0 Å². The van der Waals surface area contributed by atoms with E-state index in [1.165, 1.54) is 0 Å². The van der Waals surface area contributed by atoms with Crippen molar-refractivity contribution in [3.8, 4) is 28.7 Å². The van der Waals surface area contributed by atoms with Gasteiger partial charge in [-0.1, -0.05) is 48.6 Å². The number of hydrogen-bond donors (Lipinski definition) is 0. The molecule has 0 unspecified atom stereocenters. The topological polar surface area (TPSA) is 40.6 Å². The van der Waals surface area contributed by atoms with Crippen molar-refractivity contribution in [1.82, 2.24) is 4.98 Å². The molecule has 0 saturated heterocycles. The van der Waals surface area contributed by atoms with Crippen LogP contribution in [-0.4, -0.2) is 4.98 Å². The molecular weight excluding hydrogens is 398 g/mol. The lowest BCUT2D eigenvalue weighted by atomic mass is 10.0. The Balaban J connectivity index is 1.23. The van der Waals surface area contributed by atoms with Gasteiger partial charge in [0.05, 0.1) is 5.69 Å². The number of rotatable bonds is 7. The summed E-state index contributed by atoms with van der Waals surface area (Å²) in [4.78, 5) is 4.46. The van der Waals surface area contributed by atoms with Crippen molar-refractivity contribution in [2.24, 2.45) is 0 Å². The Kier molecular flexibility index (Phi) is 5.84. The molecular formula is C28H23NO3. The number of nitrogens with zero attached hydrogens (tertiary/aromatic N) is 1. The summed E-state index contributed by atoms with van der Waals surface area (Å²) in [7, 11) is 0. The van der Waals surface area contributed by atoms with Crippen LogP contribution in [-0.2, 0) is 13.0 Å². The van der Waals surface area contributed by atoms with Gasteiger partial charge in [-0.15, -0.1) is 0 Å². The molecule has 158 valence electrons. The van der Waals surface area contributed by atoms with Crippen molar-refractivity contribution in [2.45, 2.75) is 19.4 Å². The third kappa shape index (κ3) is 4.81. The lowest BCUT2D eigenvalue weighted by Gasteiger charge is -2.15. The summed E-state index contributed by atoms with van der Waals surface area (Å²) in [6.45, 7) is 0.518. The number of hydrogen-bond acceptors (Lipinski definition) is 4. The van der Waals surface area contributed by atoms with Crippen LogP contribution in [0.15, 0.2) is 97.2 Å². The molecule has 32 heavy (non-hydrogen) atoms. The molecule has 3 aromatic carbocycles. The van der Waals surface area contributed by atoms with Gasteiger partial charge in [0.1, 0.15) is 35.4 Å². The molecule has 4 aromatic rings. The van der Waals surface area contributed by atoms with E-state index in [0.717, 1.165) is 58.4 Å². The molecule has 0 radical (unpaired) electrons. The first-order chi connectivity index (χ1) is 15.8. The average molecular weight is 421 g/mol. The molecule has 5 rings (SSSR count). The second-order valence-corrected chi connectivity index (χ2v) is 7.54. The highest BCUT2D eigenvalue weighted by atomic mass is 16.5. The van der Waals surface area contributed by atoms with Gasteiger partial charge in [0.2, 0.25) is 0 Å². The van der Waals surface area contributed by atoms with Gasteiger partial charge in [0, 0.05) is 17.8 Å². The Hall–Kier alpha value is -4.05. The maximum atomic E-state index is 6.11. The Bertz CT molecular complexity index is 1220. The standard InChI is InChI=1S/C28H23NO3/c1-2-7-21(8-3-1)20-30-24-9-6-10-25(19-24)31-22-13-15-23(16-14-22)32-28-17-18-29-27-12-5-4-11-26(27)28/h1-4,6-11,13-19H,5,12,20H2. The summed E-state index contributed by atoms with van der Waals surface area (Å²) in [5, 5.41) is 0. The molecule has 0 aliphatic heterocycles. The molecule has 1 aromatic heterocycles. The summed E-state index contributed by atoms with van der Waals surface area (Å²) < 4.78 is 18.0. The Morgan fingerprint density at radius 2 is 1.50 bits per heavy atom. The van der Waals surface area contributed by atoms with Crippen LogP contribution in [0.2, 0.25) is 0 Å². The lowest BCUT2D eigenvalue weighted by Crippen LogP contribution is -2.00. The first kappa shape index (κ1) is 19.9. The van der Waals surface area contributed by atoms with E-state index < -0.39 is 0 Å². The molecule has 0 fully saturated rings. The SMILES string of the molecule is C1=Cc2c(Oc3ccc(Oc4cccc(OCc5ccccc5)c4)cc3)ccnc2CC1. The predicted octanol–water partition coefficient (Wildman–Crippen LogP) is 7.20. The molecule has 1 aliphatic carbocycles. The second-order valence-electron chi connectivity index (χ2n) is 7.54. The van der Waals surface area contributed by atoms with Gasteiger partial charge in [0.25, 0.3) is 0 Å². The third-order valence-electron chi connectivity index (χ3n) is 5.21. The quantitative estimate of drug-likeness (QED) is 0.316. The molecule has 0 N–H and O–H groups in total. The number of aryl methyl sites for hydroxylation is 1. The Morgan fingerprint density at radius 3 is 2.34 bits per heavy atom. The van der Waals surface area contributed by atoms with E-state index in [9.17, 15) is 0 Å². The van der Waals surface area contributed by atoms with Crippen LogP contribution in [0.4, 0.5) is 0 Å². The fraction of sp³-hybridized carbons (Fsp3) is 0.107. The normalized spacial score (nSPS) is 12.1. The monoisotopic (exact) mass is 421 g/mol. The van der Waals surface area contributed by atoms with E-state index >= 15 is 0 Å². The van der Waals surface area contributed by atoms with Crippen molar-refractivity contribution in [3.05, 3.63) is 114 Å². The van der Waals surface area contributed by atoms with Crippen molar-refractivity contribution >= 4 is 6.08 Å². The predicted molar refractivity (Wildman–Crippen MR) is 125 cm³/mol. The second kappa shape index (κ2) is 9.40. The zero-order valence-electron chi connectivity index (χ0n) is 17.6. The summed E-state index contributed by atoms with van der Waals surface area (Å²) in [5.41, 5.74) is 3.27. The molecule has 1 aliphatic rings. The average Bonchev–Trinajstić information content (AvgIpc) is 2.85. The molecule has 4 heteroatoms. The maximum absolute atomic E-state index is 6.11. The molecule has 0 amide bonds. The number of benzene rings is 3. The molecule has 4 nitrogen and oxygen atoms in total. The van der Waals surface area contributed by atoms with Gasteiger partial charge >= 0.3 is 0 Å². The lowest BCUT2D eigenvalue weighted by molar-refractivity contribution is 0.304. The van der Waals surface area contributed by atoms with Gasteiger partial charge in [-0.25, -0.2) is 0 Å². The zero-order chi connectivity index (χ0) is 21.6. The van der Waals surface area contributed by atoms with Crippen LogP contribution < -0.4 is 14.2 Å². The van der Waals surface area contributed by atoms with Crippen LogP contribution in [0, 0.1) is 0 Å². The van der Waals surface area contributed by atoms with Crippen molar-refractivity contribution in [1.29, 1.82) is 0 Å². The van der Waals surface area contributed by atoms with Gasteiger partial charge in [-0.3, -0.25) is 4.98 Å². The minimum absolute atomic E-state index is 0.518.